The van der Waals surface area contributed by atoms with Crippen molar-refractivity contribution in [2.45, 2.75) is 30.4 Å². The first-order valence-electron chi connectivity index (χ1n) is 3.69. The Bertz CT molecular complexity index is 293. The number of hydrogen-bond donors (Lipinski definition) is 3. The molecular weight excluding hydrogens is 208 g/mol. The lowest BCUT2D eigenvalue weighted by Gasteiger charge is -2.15. The van der Waals surface area contributed by atoms with Crippen LogP contribution in [0.15, 0.2) is 4.34 Å². The van der Waals surface area contributed by atoms with Gasteiger partial charge in [-0.2, -0.15) is 0 Å². The van der Waals surface area contributed by atoms with Crippen LogP contribution in [-0.2, 0) is 12.2 Å². The second kappa shape index (κ2) is 3.93. The summed E-state index contributed by atoms with van der Waals surface area (Å²) >= 11 is 2.33. The standard InChI is InChI=1S/C7H12N2O2S2/c1-7(2,11)5-4(3-10)9-6(12-5)13-8/h10-11H,3,8H2,1-2H3. The molecule has 0 atom stereocenters. The summed E-state index contributed by atoms with van der Waals surface area (Å²) in [5.41, 5.74) is -0.463. The first kappa shape index (κ1) is 10.9. The third-order valence-electron chi connectivity index (χ3n) is 1.48. The average molecular weight is 220 g/mol. The van der Waals surface area contributed by atoms with E-state index < -0.39 is 5.60 Å². The van der Waals surface area contributed by atoms with Gasteiger partial charge in [0, 0.05) is 0 Å². The Morgan fingerprint density at radius 2 is 2.23 bits per heavy atom. The van der Waals surface area contributed by atoms with Crippen molar-refractivity contribution in [3.05, 3.63) is 10.6 Å². The SMILES string of the molecule is CC(C)(O)c1sc(SN)nc1CO. The molecule has 0 aliphatic carbocycles. The predicted molar refractivity (Wildman–Crippen MR) is 53.3 cm³/mol. The van der Waals surface area contributed by atoms with Crippen LogP contribution in [0.3, 0.4) is 0 Å². The maximum atomic E-state index is 9.72. The van der Waals surface area contributed by atoms with Gasteiger partial charge in [-0.25, -0.2) is 4.98 Å². The molecule has 0 fully saturated rings. The zero-order chi connectivity index (χ0) is 10.1. The Morgan fingerprint density at radius 1 is 1.62 bits per heavy atom. The van der Waals surface area contributed by atoms with Crippen LogP contribution in [0.25, 0.3) is 0 Å². The molecule has 1 aromatic rings. The minimum absolute atomic E-state index is 0.170. The van der Waals surface area contributed by atoms with Crippen LogP contribution in [0.1, 0.15) is 24.4 Å². The van der Waals surface area contributed by atoms with Crippen LogP contribution < -0.4 is 5.14 Å². The first-order valence-corrected chi connectivity index (χ1v) is 5.38. The molecule has 0 bridgehead atoms. The van der Waals surface area contributed by atoms with Gasteiger partial charge in [0.25, 0.3) is 0 Å². The number of rotatable bonds is 3. The van der Waals surface area contributed by atoms with Crippen LogP contribution in [0, 0.1) is 0 Å². The molecule has 0 saturated carbocycles. The molecule has 1 heterocycles. The van der Waals surface area contributed by atoms with Crippen molar-refractivity contribution in [1.82, 2.24) is 4.98 Å². The van der Waals surface area contributed by atoms with E-state index in [4.69, 9.17) is 10.2 Å². The smallest absolute Gasteiger partial charge is 0.165 e. The molecule has 0 unspecified atom stereocenters. The highest BCUT2D eigenvalue weighted by molar-refractivity contribution is 7.98. The lowest BCUT2D eigenvalue weighted by Crippen LogP contribution is -2.15. The second-order valence-corrected chi connectivity index (χ2v) is 4.97. The molecule has 4 N–H and O–H groups in total. The summed E-state index contributed by atoms with van der Waals surface area (Å²) in [5, 5.41) is 24.0. The molecule has 0 aliphatic heterocycles. The minimum Gasteiger partial charge on any atom is -0.390 e. The molecule has 0 spiro atoms. The zero-order valence-electron chi connectivity index (χ0n) is 7.44. The predicted octanol–water partition coefficient (Wildman–Crippen LogP) is 0.829. The Hall–Kier alpha value is -0.140. The average Bonchev–Trinajstić information content (AvgIpc) is 2.46. The van der Waals surface area contributed by atoms with Gasteiger partial charge in [0.2, 0.25) is 0 Å². The lowest BCUT2D eigenvalue weighted by molar-refractivity contribution is 0.0796. The van der Waals surface area contributed by atoms with Gasteiger partial charge in [-0.1, -0.05) is 0 Å². The van der Waals surface area contributed by atoms with E-state index in [1.807, 2.05) is 0 Å². The number of aliphatic hydroxyl groups is 2. The minimum atomic E-state index is -0.969. The third kappa shape index (κ3) is 2.41. The summed E-state index contributed by atoms with van der Waals surface area (Å²) in [6.45, 7) is 3.14. The number of hydrogen-bond acceptors (Lipinski definition) is 6. The van der Waals surface area contributed by atoms with E-state index in [1.54, 1.807) is 13.8 Å². The van der Waals surface area contributed by atoms with Crippen molar-refractivity contribution in [1.29, 1.82) is 0 Å². The lowest BCUT2D eigenvalue weighted by atomic mass is 10.1. The van der Waals surface area contributed by atoms with Crippen LogP contribution in [0.5, 0.6) is 0 Å². The molecule has 4 nitrogen and oxygen atoms in total. The van der Waals surface area contributed by atoms with Crippen LogP contribution in [-0.4, -0.2) is 15.2 Å². The molecular formula is C7H12N2O2S2. The van der Waals surface area contributed by atoms with E-state index in [0.717, 1.165) is 11.9 Å². The molecule has 0 aliphatic rings. The molecule has 74 valence electrons. The monoisotopic (exact) mass is 220 g/mol. The van der Waals surface area contributed by atoms with Crippen LogP contribution >= 0.6 is 23.3 Å². The topological polar surface area (TPSA) is 79.4 Å². The molecule has 1 aromatic heterocycles. The van der Waals surface area contributed by atoms with E-state index in [9.17, 15) is 5.11 Å². The summed E-state index contributed by atoms with van der Waals surface area (Å²) in [6, 6.07) is 0. The first-order chi connectivity index (χ1) is 5.99. The molecule has 13 heavy (non-hydrogen) atoms. The highest BCUT2D eigenvalue weighted by Crippen LogP contribution is 2.32. The molecule has 1 rings (SSSR count). The second-order valence-electron chi connectivity index (χ2n) is 3.09. The fraction of sp³-hybridized carbons (Fsp3) is 0.571. The van der Waals surface area contributed by atoms with Gasteiger partial charge in [0.15, 0.2) is 4.34 Å². The van der Waals surface area contributed by atoms with Crippen LogP contribution in [0.2, 0.25) is 0 Å². The number of thiazole rings is 1. The maximum Gasteiger partial charge on any atom is 0.165 e. The summed E-state index contributed by atoms with van der Waals surface area (Å²) in [5.74, 6) is 0. The number of nitrogens with two attached hydrogens (primary N) is 1. The van der Waals surface area contributed by atoms with Crippen LogP contribution in [0.4, 0.5) is 0 Å². The summed E-state index contributed by atoms with van der Waals surface area (Å²) in [7, 11) is 0. The van der Waals surface area contributed by atoms with Gasteiger partial charge in [0.1, 0.15) is 0 Å². The Morgan fingerprint density at radius 3 is 2.54 bits per heavy atom. The van der Waals surface area contributed by atoms with Crippen molar-refractivity contribution in [2.75, 3.05) is 0 Å². The summed E-state index contributed by atoms with van der Waals surface area (Å²) < 4.78 is 0.654. The molecule has 0 aromatic carbocycles. The van der Waals surface area contributed by atoms with Crippen molar-refractivity contribution in [2.24, 2.45) is 5.14 Å². The molecule has 0 saturated heterocycles. The molecule has 0 amide bonds. The van der Waals surface area contributed by atoms with Gasteiger partial charge in [0.05, 0.1) is 22.8 Å². The number of aromatic nitrogens is 1. The zero-order valence-corrected chi connectivity index (χ0v) is 9.08. The highest BCUT2D eigenvalue weighted by atomic mass is 32.2. The van der Waals surface area contributed by atoms with E-state index in [2.05, 4.69) is 4.98 Å². The third-order valence-corrected chi connectivity index (χ3v) is 3.52. The number of nitrogens with zero attached hydrogens (tertiary/aromatic N) is 1. The van der Waals surface area contributed by atoms with Gasteiger partial charge in [-0.15, -0.1) is 11.3 Å². The van der Waals surface area contributed by atoms with Gasteiger partial charge < -0.3 is 10.2 Å². The molecule has 6 heteroatoms. The van der Waals surface area contributed by atoms with E-state index in [-0.39, 0.29) is 6.61 Å². The Kier molecular flexibility index (Phi) is 3.31. The van der Waals surface area contributed by atoms with Gasteiger partial charge in [-0.3, -0.25) is 5.14 Å². The van der Waals surface area contributed by atoms with E-state index >= 15 is 0 Å². The van der Waals surface area contributed by atoms with Gasteiger partial charge in [-0.05, 0) is 25.8 Å². The van der Waals surface area contributed by atoms with E-state index in [1.165, 1.54) is 11.3 Å². The summed E-state index contributed by atoms with van der Waals surface area (Å²) in [6.07, 6.45) is 0. The highest BCUT2D eigenvalue weighted by Gasteiger charge is 2.24. The van der Waals surface area contributed by atoms with Gasteiger partial charge >= 0.3 is 0 Å². The maximum absolute atomic E-state index is 9.72. The van der Waals surface area contributed by atoms with Crippen molar-refractivity contribution in [3.63, 3.8) is 0 Å². The number of aliphatic hydroxyl groups excluding tert-OH is 1. The Labute approximate surface area is 84.9 Å². The van der Waals surface area contributed by atoms with Crippen molar-refractivity contribution in [3.8, 4) is 0 Å². The van der Waals surface area contributed by atoms with E-state index in [0.29, 0.717) is 14.9 Å². The summed E-state index contributed by atoms with van der Waals surface area (Å²) in [4.78, 5) is 4.73. The molecule has 0 radical (unpaired) electrons. The largest absolute Gasteiger partial charge is 0.390 e. The van der Waals surface area contributed by atoms with Crippen molar-refractivity contribution < 1.29 is 10.2 Å². The Balaban J connectivity index is 3.11. The quantitative estimate of drug-likeness (QED) is 0.657. The van der Waals surface area contributed by atoms with Crippen molar-refractivity contribution >= 4 is 23.3 Å². The fourth-order valence-electron chi connectivity index (χ4n) is 0.966. The normalized spacial score (nSPS) is 12.1. The fourth-order valence-corrected chi connectivity index (χ4v) is 2.38.